The number of hydrazone groups is 1. The molecule has 1 saturated heterocycles. The van der Waals surface area contributed by atoms with Crippen molar-refractivity contribution < 1.29 is 22.7 Å². The van der Waals surface area contributed by atoms with Gasteiger partial charge in [0.1, 0.15) is 17.7 Å². The highest BCUT2D eigenvalue weighted by atomic mass is 19.1. The number of aromatic nitrogens is 3. The Bertz CT molecular complexity index is 1220. The molecule has 8 nitrogen and oxygen atoms in total. The van der Waals surface area contributed by atoms with Crippen molar-refractivity contribution in [2.45, 2.75) is 25.5 Å². The van der Waals surface area contributed by atoms with Crippen molar-refractivity contribution in [2.24, 2.45) is 5.10 Å². The lowest BCUT2D eigenvalue weighted by Crippen LogP contribution is -2.59. The smallest absolute Gasteiger partial charge is 0.341 e. The molecule has 0 N–H and O–H groups in total. The van der Waals surface area contributed by atoms with Crippen molar-refractivity contribution in [3.8, 4) is 11.8 Å². The third-order valence-electron chi connectivity index (χ3n) is 5.56. The molecule has 2 aliphatic heterocycles. The molecule has 2 aromatic heterocycles. The van der Waals surface area contributed by atoms with Crippen molar-refractivity contribution in [3.63, 3.8) is 0 Å². The highest BCUT2D eigenvalue weighted by Gasteiger charge is 2.39. The molecule has 0 saturated carbocycles. The summed E-state index contributed by atoms with van der Waals surface area (Å²) in [6.07, 6.45) is 4.21. The molecule has 5 rings (SSSR count). The van der Waals surface area contributed by atoms with E-state index < -0.39 is 35.6 Å². The van der Waals surface area contributed by atoms with Crippen molar-refractivity contribution in [1.82, 2.24) is 24.4 Å². The van der Waals surface area contributed by atoms with E-state index in [0.717, 1.165) is 18.0 Å². The van der Waals surface area contributed by atoms with E-state index in [0.29, 0.717) is 12.0 Å². The monoisotopic (exact) mass is 456 g/mol. The standard InChI is InChI=1S/C22H19F3N6O2/c1-13-3-2-6-30(13)21-26-10-18(25)20(28-21)33-17-11-29(12-17)22(32)31-19(4-5-27-31)14-7-15(23)9-16(24)8-14/h2-3,5-10,17,19H,4,11-12H2,1H3/t19-/m0/s1. The van der Waals surface area contributed by atoms with Crippen LogP contribution in [-0.2, 0) is 0 Å². The molecule has 1 aromatic carbocycles. The van der Waals surface area contributed by atoms with Gasteiger partial charge in [-0.3, -0.25) is 4.57 Å². The van der Waals surface area contributed by atoms with E-state index in [4.69, 9.17) is 4.74 Å². The number of hydrogen-bond donors (Lipinski definition) is 0. The van der Waals surface area contributed by atoms with Gasteiger partial charge in [-0.05, 0) is 36.8 Å². The summed E-state index contributed by atoms with van der Waals surface area (Å²) in [5.41, 5.74) is 1.20. The van der Waals surface area contributed by atoms with E-state index in [1.807, 2.05) is 19.1 Å². The van der Waals surface area contributed by atoms with E-state index in [9.17, 15) is 18.0 Å². The number of benzene rings is 1. The molecule has 0 unspecified atom stereocenters. The van der Waals surface area contributed by atoms with Crippen LogP contribution in [0.4, 0.5) is 18.0 Å². The van der Waals surface area contributed by atoms with Gasteiger partial charge < -0.3 is 9.64 Å². The largest absolute Gasteiger partial charge is 0.468 e. The summed E-state index contributed by atoms with van der Waals surface area (Å²) in [5, 5.41) is 5.27. The summed E-state index contributed by atoms with van der Waals surface area (Å²) in [5.74, 6) is -2.06. The molecule has 4 heterocycles. The molecule has 1 fully saturated rings. The average molecular weight is 456 g/mol. The minimum Gasteiger partial charge on any atom is -0.468 e. The Morgan fingerprint density at radius 1 is 1.15 bits per heavy atom. The molecular formula is C22H19F3N6O2. The van der Waals surface area contributed by atoms with Crippen LogP contribution in [0.1, 0.15) is 23.7 Å². The predicted octanol–water partition coefficient (Wildman–Crippen LogP) is 3.61. The molecule has 0 spiro atoms. The number of hydrogen-bond acceptors (Lipinski definition) is 5. The van der Waals surface area contributed by atoms with Crippen LogP contribution >= 0.6 is 0 Å². The van der Waals surface area contributed by atoms with Gasteiger partial charge in [0, 0.05) is 30.6 Å². The Balaban J connectivity index is 1.24. The summed E-state index contributed by atoms with van der Waals surface area (Å²) >= 11 is 0. The second-order valence-electron chi connectivity index (χ2n) is 7.87. The van der Waals surface area contributed by atoms with Crippen LogP contribution in [0.25, 0.3) is 5.95 Å². The van der Waals surface area contributed by atoms with Crippen molar-refractivity contribution in [3.05, 3.63) is 71.4 Å². The van der Waals surface area contributed by atoms with Crippen LogP contribution in [0.15, 0.2) is 47.8 Å². The van der Waals surface area contributed by atoms with Gasteiger partial charge in [-0.15, -0.1) is 0 Å². The molecule has 3 aromatic rings. The number of amides is 2. The zero-order valence-electron chi connectivity index (χ0n) is 17.5. The maximum atomic E-state index is 14.2. The first-order chi connectivity index (χ1) is 15.9. The fourth-order valence-electron chi connectivity index (χ4n) is 3.85. The fraction of sp³-hybridized carbons (Fsp3) is 0.273. The number of halogens is 3. The predicted molar refractivity (Wildman–Crippen MR) is 111 cm³/mol. The Morgan fingerprint density at radius 3 is 2.61 bits per heavy atom. The lowest BCUT2D eigenvalue weighted by atomic mass is 10.0. The molecule has 2 amide bonds. The van der Waals surface area contributed by atoms with Crippen LogP contribution in [-0.4, -0.2) is 55.9 Å². The number of carbonyl (C=O) groups is 1. The lowest BCUT2D eigenvalue weighted by molar-refractivity contribution is 0.0229. The fourth-order valence-corrected chi connectivity index (χ4v) is 3.85. The van der Waals surface area contributed by atoms with Gasteiger partial charge in [0.25, 0.3) is 5.88 Å². The average Bonchev–Trinajstić information content (AvgIpc) is 3.39. The van der Waals surface area contributed by atoms with E-state index >= 15 is 0 Å². The molecule has 1 atom stereocenters. The molecule has 170 valence electrons. The Kier molecular flexibility index (Phi) is 5.23. The summed E-state index contributed by atoms with van der Waals surface area (Å²) < 4.78 is 48.8. The Morgan fingerprint density at radius 2 is 1.91 bits per heavy atom. The SMILES string of the molecule is Cc1cccn1-c1ncc(F)c(OC2CN(C(=O)N3N=CC[C@H]3c3cc(F)cc(F)c3)C2)n1. The van der Waals surface area contributed by atoms with Gasteiger partial charge in [0.15, 0.2) is 0 Å². The minimum absolute atomic E-state index is 0.191. The molecule has 11 heteroatoms. The third-order valence-corrected chi connectivity index (χ3v) is 5.56. The zero-order valence-corrected chi connectivity index (χ0v) is 17.5. The van der Waals surface area contributed by atoms with Gasteiger partial charge in [0.2, 0.25) is 11.8 Å². The topological polar surface area (TPSA) is 75.8 Å². The zero-order chi connectivity index (χ0) is 23.1. The van der Waals surface area contributed by atoms with E-state index in [2.05, 4.69) is 15.1 Å². The van der Waals surface area contributed by atoms with Crippen molar-refractivity contribution >= 4 is 12.2 Å². The number of nitrogens with zero attached hydrogens (tertiary/aromatic N) is 6. The number of rotatable bonds is 4. The van der Waals surface area contributed by atoms with E-state index in [-0.39, 0.29) is 24.9 Å². The summed E-state index contributed by atoms with van der Waals surface area (Å²) in [7, 11) is 0. The third kappa shape index (κ3) is 4.01. The van der Waals surface area contributed by atoms with Gasteiger partial charge in [-0.2, -0.15) is 14.5 Å². The molecule has 0 aliphatic carbocycles. The summed E-state index contributed by atoms with van der Waals surface area (Å²) in [4.78, 5) is 22.5. The van der Waals surface area contributed by atoms with Gasteiger partial charge >= 0.3 is 6.03 Å². The maximum absolute atomic E-state index is 14.2. The van der Waals surface area contributed by atoms with Crippen LogP contribution in [0, 0.1) is 24.4 Å². The lowest BCUT2D eigenvalue weighted by Gasteiger charge is -2.40. The summed E-state index contributed by atoms with van der Waals surface area (Å²) in [6.45, 7) is 2.25. The van der Waals surface area contributed by atoms with Crippen LogP contribution < -0.4 is 4.74 Å². The Labute approximate surface area is 186 Å². The quantitative estimate of drug-likeness (QED) is 0.601. The summed E-state index contributed by atoms with van der Waals surface area (Å²) in [6, 6.07) is 5.82. The normalized spacial score (nSPS) is 18.0. The number of aryl methyl sites for hydroxylation is 1. The molecule has 0 bridgehead atoms. The number of ether oxygens (including phenoxy) is 1. The van der Waals surface area contributed by atoms with Crippen molar-refractivity contribution in [2.75, 3.05) is 13.1 Å². The molecule has 2 aliphatic rings. The first-order valence-electron chi connectivity index (χ1n) is 10.3. The number of urea groups is 1. The van der Waals surface area contributed by atoms with E-state index in [1.54, 1.807) is 10.8 Å². The second-order valence-corrected chi connectivity index (χ2v) is 7.87. The molecule has 33 heavy (non-hydrogen) atoms. The second kappa shape index (κ2) is 8.23. The van der Waals surface area contributed by atoms with Crippen LogP contribution in [0.2, 0.25) is 0 Å². The van der Waals surface area contributed by atoms with Crippen LogP contribution in [0.3, 0.4) is 0 Å². The van der Waals surface area contributed by atoms with Crippen molar-refractivity contribution in [1.29, 1.82) is 0 Å². The first-order valence-corrected chi connectivity index (χ1v) is 10.3. The van der Waals surface area contributed by atoms with Gasteiger partial charge in [-0.1, -0.05) is 0 Å². The highest BCUT2D eigenvalue weighted by molar-refractivity contribution is 5.79. The first kappa shape index (κ1) is 21.0. The van der Waals surface area contributed by atoms with Crippen LogP contribution in [0.5, 0.6) is 5.88 Å². The van der Waals surface area contributed by atoms with Gasteiger partial charge in [-0.25, -0.2) is 23.6 Å². The molecular weight excluding hydrogens is 437 g/mol. The maximum Gasteiger partial charge on any atom is 0.341 e. The minimum atomic E-state index is -0.719. The van der Waals surface area contributed by atoms with Gasteiger partial charge in [0.05, 0.1) is 25.3 Å². The molecule has 0 radical (unpaired) electrons. The number of carbonyl (C=O) groups excluding carboxylic acids is 1. The highest BCUT2D eigenvalue weighted by Crippen LogP contribution is 2.31. The number of likely N-dealkylation sites (tertiary alicyclic amines) is 1. The van der Waals surface area contributed by atoms with E-state index in [1.165, 1.54) is 28.3 Å². The Hall–Kier alpha value is -3.89.